The summed E-state index contributed by atoms with van der Waals surface area (Å²) in [4.78, 5) is 9.28. The highest BCUT2D eigenvalue weighted by atomic mass is 16.3. The van der Waals surface area contributed by atoms with Gasteiger partial charge in [0.2, 0.25) is 0 Å². The van der Waals surface area contributed by atoms with Crippen LogP contribution >= 0.6 is 0 Å². The van der Waals surface area contributed by atoms with Crippen LogP contribution < -0.4 is 0 Å². The Morgan fingerprint density at radius 3 is 1.40 bits per heavy atom. The molecule has 4 aromatic carbocycles. The number of nitrogens with zero attached hydrogens (tertiary/aromatic N) is 2. The lowest BCUT2D eigenvalue weighted by molar-refractivity contribution is 0.444. The summed E-state index contributed by atoms with van der Waals surface area (Å²) in [7, 11) is 0. The van der Waals surface area contributed by atoms with Gasteiger partial charge in [0.25, 0.3) is 0 Å². The lowest BCUT2D eigenvalue weighted by Crippen LogP contribution is -2.17. The maximum absolute atomic E-state index is 11.1. The second-order valence-corrected chi connectivity index (χ2v) is 14.1. The van der Waals surface area contributed by atoms with Gasteiger partial charge in [-0.1, -0.05) is 98.7 Å². The number of benzene rings is 4. The van der Waals surface area contributed by atoms with Crippen molar-refractivity contribution in [1.82, 2.24) is 0 Å². The quantitative estimate of drug-likeness (QED) is 0.239. The highest BCUT2D eigenvalue weighted by Gasteiger charge is 2.24. The van der Waals surface area contributed by atoms with Crippen LogP contribution in [0.15, 0.2) is 88.8 Å². The first-order valence-corrected chi connectivity index (χ1v) is 14.5. The molecule has 4 heteroatoms. The number of hydrogen-bond donors (Lipinski definition) is 2. The van der Waals surface area contributed by atoms with E-state index in [-0.39, 0.29) is 27.7 Å². The molecule has 0 fully saturated rings. The topological polar surface area (TPSA) is 65.2 Å². The van der Waals surface area contributed by atoms with Crippen LogP contribution in [0.2, 0.25) is 0 Å². The Morgan fingerprint density at radius 1 is 0.500 bits per heavy atom. The van der Waals surface area contributed by atoms with Gasteiger partial charge in [-0.05, 0) is 81.0 Å². The molecule has 218 valence electrons. The first kappa shape index (κ1) is 30.8. The van der Waals surface area contributed by atoms with Gasteiger partial charge in [-0.3, -0.25) is 9.98 Å². The third-order valence-corrected chi connectivity index (χ3v) is 7.48. The zero-order valence-corrected chi connectivity index (χ0v) is 26.4. The van der Waals surface area contributed by atoms with Crippen molar-refractivity contribution in [3.05, 3.63) is 107 Å². The maximum atomic E-state index is 11.1. The third-order valence-electron chi connectivity index (χ3n) is 7.48. The zero-order valence-electron chi connectivity index (χ0n) is 26.4. The Balaban J connectivity index is 1.52. The van der Waals surface area contributed by atoms with Crippen molar-refractivity contribution in [1.29, 1.82) is 0 Å². The van der Waals surface area contributed by atoms with Crippen LogP contribution in [0, 0.1) is 0 Å². The number of hydrogen-bond acceptors (Lipinski definition) is 4. The van der Waals surface area contributed by atoms with Crippen LogP contribution in [-0.4, -0.2) is 22.6 Å². The van der Waals surface area contributed by atoms with Gasteiger partial charge < -0.3 is 10.2 Å². The van der Waals surface area contributed by atoms with Crippen molar-refractivity contribution in [3.8, 4) is 22.6 Å². The maximum Gasteiger partial charge on any atom is 0.128 e. The van der Waals surface area contributed by atoms with Crippen LogP contribution in [0.25, 0.3) is 11.1 Å². The van der Waals surface area contributed by atoms with Gasteiger partial charge in [-0.15, -0.1) is 0 Å². The Bertz CT molecular complexity index is 1610. The normalized spacial score (nSPS) is 12.9. The summed E-state index contributed by atoms with van der Waals surface area (Å²) < 4.78 is 0. The highest BCUT2D eigenvalue weighted by molar-refractivity contribution is 5.87. The number of aromatic hydroxyl groups is 2. The molecule has 4 aromatic rings. The van der Waals surface area contributed by atoms with Crippen molar-refractivity contribution >= 4 is 23.8 Å². The van der Waals surface area contributed by atoms with Crippen molar-refractivity contribution < 1.29 is 10.2 Å². The van der Waals surface area contributed by atoms with E-state index < -0.39 is 0 Å². The van der Waals surface area contributed by atoms with Crippen molar-refractivity contribution in [3.63, 3.8) is 0 Å². The predicted molar refractivity (Wildman–Crippen MR) is 179 cm³/mol. The summed E-state index contributed by atoms with van der Waals surface area (Å²) in [6.07, 6.45) is 3.47. The molecule has 4 rings (SSSR count). The van der Waals surface area contributed by atoms with E-state index in [1.54, 1.807) is 18.5 Å². The van der Waals surface area contributed by atoms with Crippen LogP contribution in [-0.2, 0) is 16.2 Å². The molecule has 42 heavy (non-hydrogen) atoms. The molecule has 0 atom stereocenters. The van der Waals surface area contributed by atoms with Gasteiger partial charge >= 0.3 is 0 Å². The average molecular weight is 561 g/mol. The molecule has 0 heterocycles. The second kappa shape index (κ2) is 11.6. The molecule has 0 saturated carbocycles. The van der Waals surface area contributed by atoms with Crippen molar-refractivity contribution in [2.24, 2.45) is 9.98 Å². The standard InChI is InChI=1S/C38H44N2O2/c1-36(2,3)29-14-19-34(41)27(20-29)23-39-31-15-10-25(11-16-31)26-12-17-32(18-13-26)40-24-28-21-30(37(4,5)6)22-33(35(28)42)38(7,8)9/h10-24,41-42H,1-9H3. The van der Waals surface area contributed by atoms with Gasteiger partial charge in [-0.2, -0.15) is 0 Å². The molecule has 0 aliphatic heterocycles. The van der Waals surface area contributed by atoms with Crippen LogP contribution in [0.5, 0.6) is 11.5 Å². The van der Waals surface area contributed by atoms with Gasteiger partial charge in [0.05, 0.1) is 11.4 Å². The fraction of sp³-hybridized carbons (Fsp3) is 0.316. The molecular weight excluding hydrogens is 516 g/mol. The fourth-order valence-electron chi connectivity index (χ4n) is 4.65. The largest absolute Gasteiger partial charge is 0.507 e. The molecule has 0 radical (unpaired) electrons. The number of phenolic OH excluding ortho intramolecular Hbond substituents is 2. The average Bonchev–Trinajstić information content (AvgIpc) is 2.90. The van der Waals surface area contributed by atoms with E-state index in [4.69, 9.17) is 0 Å². The van der Waals surface area contributed by atoms with Crippen LogP contribution in [0.3, 0.4) is 0 Å². The minimum Gasteiger partial charge on any atom is -0.507 e. The Morgan fingerprint density at radius 2 is 0.952 bits per heavy atom. The first-order chi connectivity index (χ1) is 19.5. The third kappa shape index (κ3) is 7.36. The molecule has 2 N–H and O–H groups in total. The molecule has 0 bridgehead atoms. The molecule has 0 aliphatic carbocycles. The van der Waals surface area contributed by atoms with Gasteiger partial charge in [0, 0.05) is 29.1 Å². The van der Waals surface area contributed by atoms with E-state index in [9.17, 15) is 10.2 Å². The summed E-state index contributed by atoms with van der Waals surface area (Å²) in [5, 5.41) is 21.3. The zero-order chi connectivity index (χ0) is 30.9. The van der Waals surface area contributed by atoms with E-state index in [2.05, 4.69) is 78.4 Å². The fourth-order valence-corrected chi connectivity index (χ4v) is 4.65. The molecular formula is C38H44N2O2. The van der Waals surface area contributed by atoms with Gasteiger partial charge in [0.1, 0.15) is 11.5 Å². The molecule has 0 aromatic heterocycles. The molecule has 4 nitrogen and oxygen atoms in total. The number of phenols is 2. The van der Waals surface area contributed by atoms with Gasteiger partial charge in [-0.25, -0.2) is 0 Å². The summed E-state index contributed by atoms with van der Waals surface area (Å²) in [6.45, 7) is 19.3. The monoisotopic (exact) mass is 560 g/mol. The summed E-state index contributed by atoms with van der Waals surface area (Å²) in [5.74, 6) is 0.508. The predicted octanol–water partition coefficient (Wildman–Crippen LogP) is 10.2. The lowest BCUT2D eigenvalue weighted by atomic mass is 9.79. The van der Waals surface area contributed by atoms with E-state index >= 15 is 0 Å². The molecule has 0 amide bonds. The minimum atomic E-state index is -0.185. The van der Waals surface area contributed by atoms with Crippen molar-refractivity contribution in [2.45, 2.75) is 78.6 Å². The highest BCUT2D eigenvalue weighted by Crippen LogP contribution is 2.37. The molecule has 0 unspecified atom stereocenters. The summed E-state index contributed by atoms with van der Waals surface area (Å²) in [6, 6.07) is 25.9. The van der Waals surface area contributed by atoms with Crippen molar-refractivity contribution in [2.75, 3.05) is 0 Å². The molecule has 0 aliphatic rings. The van der Waals surface area contributed by atoms with E-state index in [1.165, 1.54) is 5.56 Å². The minimum absolute atomic E-state index is 0.00626. The van der Waals surface area contributed by atoms with E-state index in [0.717, 1.165) is 39.2 Å². The molecule has 0 spiro atoms. The Hall–Kier alpha value is -4.18. The summed E-state index contributed by atoms with van der Waals surface area (Å²) >= 11 is 0. The van der Waals surface area contributed by atoms with Crippen LogP contribution in [0.1, 0.15) is 90.1 Å². The SMILES string of the molecule is CC(C)(C)c1ccc(O)c(C=Nc2ccc(-c3ccc(N=Cc4cc(C(C)(C)C)cc(C(C)(C)C)c4O)cc3)cc2)c1. The first-order valence-electron chi connectivity index (χ1n) is 14.5. The Labute approximate surface area is 251 Å². The van der Waals surface area contributed by atoms with E-state index in [1.807, 2.05) is 66.7 Å². The van der Waals surface area contributed by atoms with E-state index in [0.29, 0.717) is 5.56 Å². The Kier molecular flexibility index (Phi) is 8.50. The lowest BCUT2D eigenvalue weighted by Gasteiger charge is -2.26. The van der Waals surface area contributed by atoms with Crippen LogP contribution in [0.4, 0.5) is 11.4 Å². The second-order valence-electron chi connectivity index (χ2n) is 14.1. The number of rotatable bonds is 5. The number of aliphatic imine (C=N–C) groups is 2. The summed E-state index contributed by atoms with van der Waals surface area (Å²) in [5.41, 5.74) is 8.22. The molecule has 0 saturated heterocycles. The smallest absolute Gasteiger partial charge is 0.128 e. The van der Waals surface area contributed by atoms with Gasteiger partial charge in [0.15, 0.2) is 0 Å².